The van der Waals surface area contributed by atoms with E-state index < -0.39 is 5.60 Å². The number of benzene rings is 1. The van der Waals surface area contributed by atoms with E-state index >= 15 is 0 Å². The smallest absolute Gasteiger partial charge is 0.276 e. The molecule has 1 aromatic carbocycles. The molecule has 1 unspecified atom stereocenters. The highest BCUT2D eigenvalue weighted by Gasteiger charge is 2.39. The van der Waals surface area contributed by atoms with Gasteiger partial charge in [-0.3, -0.25) is 4.79 Å². The Balaban J connectivity index is 1.82. The highest BCUT2D eigenvalue weighted by molar-refractivity contribution is 5.92. The zero-order valence-corrected chi connectivity index (χ0v) is 13.1. The average Bonchev–Trinajstić information content (AvgIpc) is 3.16. The second-order valence-corrected chi connectivity index (χ2v) is 6.34. The lowest BCUT2D eigenvalue weighted by Gasteiger charge is -2.33. The van der Waals surface area contributed by atoms with Crippen molar-refractivity contribution in [2.75, 3.05) is 6.54 Å². The summed E-state index contributed by atoms with van der Waals surface area (Å²) in [5.74, 6) is -0.585. The third-order valence-electron chi connectivity index (χ3n) is 4.13. The van der Waals surface area contributed by atoms with Crippen molar-refractivity contribution in [1.82, 2.24) is 19.9 Å². The van der Waals surface area contributed by atoms with Gasteiger partial charge in [0.25, 0.3) is 5.91 Å². The molecule has 0 aliphatic carbocycles. The number of hydrogen-bond acceptors (Lipinski definition) is 4. The second-order valence-electron chi connectivity index (χ2n) is 6.34. The number of carbonyl (C=O) groups excluding carboxylic acids is 1. The molecule has 2 aromatic rings. The van der Waals surface area contributed by atoms with E-state index in [2.05, 4.69) is 10.3 Å². The van der Waals surface area contributed by atoms with Crippen LogP contribution in [-0.2, 0) is 0 Å². The maximum atomic E-state index is 13.0. The predicted octanol–water partition coefficient (Wildman–Crippen LogP) is 1.78. The van der Waals surface area contributed by atoms with Crippen molar-refractivity contribution in [3.05, 3.63) is 42.0 Å². The Morgan fingerprint density at radius 2 is 2.04 bits per heavy atom. The molecule has 0 bridgehead atoms. The molecular formula is C16H19FN4O2. The molecule has 1 N–H and O–H groups in total. The van der Waals surface area contributed by atoms with Crippen LogP contribution in [0.15, 0.2) is 30.5 Å². The Morgan fingerprint density at radius 1 is 1.35 bits per heavy atom. The van der Waals surface area contributed by atoms with Crippen molar-refractivity contribution in [2.45, 2.75) is 38.3 Å². The number of carbonyl (C=O) groups is 1. The average molecular weight is 318 g/mol. The van der Waals surface area contributed by atoms with E-state index in [0.717, 1.165) is 12.8 Å². The summed E-state index contributed by atoms with van der Waals surface area (Å²) in [7, 11) is 0. The van der Waals surface area contributed by atoms with E-state index in [9.17, 15) is 14.3 Å². The molecule has 1 atom stereocenters. The molecular weight excluding hydrogens is 299 g/mol. The van der Waals surface area contributed by atoms with Crippen LogP contribution in [0.2, 0.25) is 0 Å². The SMILES string of the molecule is CC(C)(O)C1CCCN1C(=O)c1cn(-c2ccc(F)cc2)nn1. The monoisotopic (exact) mass is 318 g/mol. The van der Waals surface area contributed by atoms with Gasteiger partial charge in [0.1, 0.15) is 5.82 Å². The van der Waals surface area contributed by atoms with Crippen LogP contribution in [0.3, 0.4) is 0 Å². The number of aromatic nitrogens is 3. The van der Waals surface area contributed by atoms with Crippen molar-refractivity contribution < 1.29 is 14.3 Å². The number of hydrogen-bond donors (Lipinski definition) is 1. The summed E-state index contributed by atoms with van der Waals surface area (Å²) < 4.78 is 14.4. The van der Waals surface area contributed by atoms with Crippen molar-refractivity contribution >= 4 is 5.91 Å². The molecule has 1 aromatic heterocycles. The van der Waals surface area contributed by atoms with E-state index in [-0.39, 0.29) is 23.5 Å². The molecule has 2 heterocycles. The number of nitrogens with zero attached hydrogens (tertiary/aromatic N) is 4. The number of aliphatic hydroxyl groups is 1. The number of amides is 1. The number of likely N-dealkylation sites (tertiary alicyclic amines) is 1. The van der Waals surface area contributed by atoms with Crippen LogP contribution in [0.5, 0.6) is 0 Å². The van der Waals surface area contributed by atoms with Gasteiger partial charge in [-0.25, -0.2) is 9.07 Å². The Morgan fingerprint density at radius 3 is 2.70 bits per heavy atom. The van der Waals surface area contributed by atoms with Crippen molar-refractivity contribution in [3.8, 4) is 5.69 Å². The van der Waals surface area contributed by atoms with Gasteiger partial charge in [0.15, 0.2) is 5.69 Å². The molecule has 1 amide bonds. The van der Waals surface area contributed by atoms with Gasteiger partial charge in [-0.2, -0.15) is 0 Å². The fourth-order valence-electron chi connectivity index (χ4n) is 2.97. The molecule has 7 heteroatoms. The summed E-state index contributed by atoms with van der Waals surface area (Å²) in [6.45, 7) is 4.01. The van der Waals surface area contributed by atoms with Gasteiger partial charge in [0.05, 0.1) is 23.5 Å². The lowest BCUT2D eigenvalue weighted by Crippen LogP contribution is -2.48. The first-order valence-corrected chi connectivity index (χ1v) is 7.58. The highest BCUT2D eigenvalue weighted by Crippen LogP contribution is 2.27. The fraction of sp³-hybridized carbons (Fsp3) is 0.438. The fourth-order valence-corrected chi connectivity index (χ4v) is 2.97. The van der Waals surface area contributed by atoms with Gasteiger partial charge >= 0.3 is 0 Å². The van der Waals surface area contributed by atoms with Crippen LogP contribution in [-0.4, -0.2) is 49.1 Å². The lowest BCUT2D eigenvalue weighted by molar-refractivity contribution is 0.000114. The predicted molar refractivity (Wildman–Crippen MR) is 81.7 cm³/mol. The Hall–Kier alpha value is -2.28. The standard InChI is InChI=1S/C16H19FN4O2/c1-16(2,23)14-4-3-9-20(14)15(22)13-10-21(19-18-13)12-7-5-11(17)6-8-12/h5-8,10,14,23H,3-4,9H2,1-2H3. The molecule has 1 fully saturated rings. The largest absolute Gasteiger partial charge is 0.388 e. The maximum absolute atomic E-state index is 13.0. The highest BCUT2D eigenvalue weighted by atomic mass is 19.1. The van der Waals surface area contributed by atoms with E-state index in [1.165, 1.54) is 23.0 Å². The Kier molecular flexibility index (Phi) is 3.89. The summed E-state index contributed by atoms with van der Waals surface area (Å²) in [5, 5.41) is 18.1. The van der Waals surface area contributed by atoms with E-state index in [1.807, 2.05) is 0 Å². The van der Waals surface area contributed by atoms with E-state index in [4.69, 9.17) is 0 Å². The summed E-state index contributed by atoms with van der Waals surface area (Å²) in [4.78, 5) is 14.3. The third-order valence-corrected chi connectivity index (χ3v) is 4.13. The van der Waals surface area contributed by atoms with Crippen molar-refractivity contribution in [3.63, 3.8) is 0 Å². The van der Waals surface area contributed by atoms with Crippen LogP contribution in [0, 0.1) is 5.82 Å². The minimum absolute atomic E-state index is 0.213. The second kappa shape index (κ2) is 5.73. The van der Waals surface area contributed by atoms with Crippen LogP contribution in [0.4, 0.5) is 4.39 Å². The van der Waals surface area contributed by atoms with Gasteiger partial charge in [0.2, 0.25) is 0 Å². The first kappa shape index (κ1) is 15.6. The van der Waals surface area contributed by atoms with Crippen LogP contribution in [0.1, 0.15) is 37.2 Å². The van der Waals surface area contributed by atoms with Crippen molar-refractivity contribution in [1.29, 1.82) is 0 Å². The van der Waals surface area contributed by atoms with Gasteiger partial charge in [-0.1, -0.05) is 5.21 Å². The first-order chi connectivity index (χ1) is 10.9. The molecule has 1 aliphatic heterocycles. The zero-order chi connectivity index (χ0) is 16.6. The van der Waals surface area contributed by atoms with Crippen molar-refractivity contribution in [2.24, 2.45) is 0 Å². The van der Waals surface area contributed by atoms with Gasteiger partial charge in [-0.05, 0) is 51.0 Å². The van der Waals surface area contributed by atoms with E-state index in [1.54, 1.807) is 30.9 Å². The Bertz CT molecular complexity index is 706. The molecule has 0 spiro atoms. The summed E-state index contributed by atoms with van der Waals surface area (Å²) in [6, 6.07) is 5.54. The minimum Gasteiger partial charge on any atom is -0.388 e. The molecule has 1 aliphatic rings. The molecule has 1 saturated heterocycles. The topological polar surface area (TPSA) is 71.2 Å². The normalized spacial score (nSPS) is 18.4. The third kappa shape index (κ3) is 3.10. The van der Waals surface area contributed by atoms with Crippen LogP contribution in [0.25, 0.3) is 5.69 Å². The Labute approximate surface area is 133 Å². The molecule has 0 radical (unpaired) electrons. The van der Waals surface area contributed by atoms with Gasteiger partial charge in [-0.15, -0.1) is 5.10 Å². The summed E-state index contributed by atoms with van der Waals surface area (Å²) in [5.41, 5.74) is -0.122. The molecule has 0 saturated carbocycles. The first-order valence-electron chi connectivity index (χ1n) is 7.58. The van der Waals surface area contributed by atoms with Gasteiger partial charge in [0, 0.05) is 6.54 Å². The van der Waals surface area contributed by atoms with Crippen LogP contribution < -0.4 is 0 Å². The van der Waals surface area contributed by atoms with Crippen LogP contribution >= 0.6 is 0 Å². The molecule has 122 valence electrons. The molecule has 6 nitrogen and oxygen atoms in total. The molecule has 23 heavy (non-hydrogen) atoms. The summed E-state index contributed by atoms with van der Waals surface area (Å²) in [6.07, 6.45) is 3.14. The quantitative estimate of drug-likeness (QED) is 0.936. The maximum Gasteiger partial charge on any atom is 0.276 e. The van der Waals surface area contributed by atoms with E-state index in [0.29, 0.717) is 12.2 Å². The van der Waals surface area contributed by atoms with Gasteiger partial charge < -0.3 is 10.0 Å². The lowest BCUT2D eigenvalue weighted by atomic mass is 9.96. The summed E-state index contributed by atoms with van der Waals surface area (Å²) >= 11 is 0. The number of rotatable bonds is 3. The molecule has 3 rings (SSSR count). The zero-order valence-electron chi connectivity index (χ0n) is 13.1. The number of halogens is 1. The minimum atomic E-state index is -0.959.